The fourth-order valence-electron chi connectivity index (χ4n) is 2.04. The Hall–Kier alpha value is -1.56. The highest BCUT2D eigenvalue weighted by Crippen LogP contribution is 2.00. The summed E-state index contributed by atoms with van der Waals surface area (Å²) in [5.41, 5.74) is 0. The van der Waals surface area contributed by atoms with Crippen LogP contribution < -0.4 is 0 Å². The van der Waals surface area contributed by atoms with Gasteiger partial charge in [0, 0.05) is 19.5 Å². The van der Waals surface area contributed by atoms with E-state index >= 15 is 0 Å². The van der Waals surface area contributed by atoms with Crippen LogP contribution in [0, 0.1) is 0 Å². The first-order chi connectivity index (χ1) is 9.76. The molecule has 0 bridgehead atoms. The fraction of sp³-hybridized carbons (Fsp3) is 0.733. The normalized spacial score (nSPS) is 10.5. The van der Waals surface area contributed by atoms with Gasteiger partial charge in [-0.05, 0) is 27.2 Å². The maximum absolute atomic E-state index is 12.0. The molecule has 0 aliphatic rings. The van der Waals surface area contributed by atoms with Gasteiger partial charge in [-0.15, -0.1) is 0 Å². The zero-order chi connectivity index (χ0) is 16.4. The van der Waals surface area contributed by atoms with Crippen LogP contribution in [0.2, 0.25) is 0 Å². The molecule has 21 heavy (non-hydrogen) atoms. The number of nitrogens with zero attached hydrogens (tertiary/aromatic N) is 2. The minimum Gasteiger partial charge on any atom is -0.334 e. The van der Waals surface area contributed by atoms with Crippen molar-refractivity contribution in [2.45, 2.75) is 40.5 Å². The molecule has 0 atom stereocenters. The maximum Gasteiger partial charge on any atom is 0.222 e. The van der Waals surface area contributed by atoms with E-state index in [0.717, 1.165) is 6.42 Å². The van der Waals surface area contributed by atoms with Crippen molar-refractivity contribution < 1.29 is 19.2 Å². The molecule has 0 aromatic rings. The Labute approximate surface area is 126 Å². The van der Waals surface area contributed by atoms with Crippen LogP contribution in [0.1, 0.15) is 40.5 Å². The van der Waals surface area contributed by atoms with Crippen molar-refractivity contribution in [1.29, 1.82) is 0 Å². The molecule has 0 rings (SSSR count). The van der Waals surface area contributed by atoms with Crippen molar-refractivity contribution in [2.24, 2.45) is 0 Å². The van der Waals surface area contributed by atoms with Gasteiger partial charge in [0.1, 0.15) is 17.3 Å². The Morgan fingerprint density at radius 1 is 0.762 bits per heavy atom. The average molecular weight is 298 g/mol. The quantitative estimate of drug-likeness (QED) is 0.561. The van der Waals surface area contributed by atoms with Gasteiger partial charge in [0.25, 0.3) is 0 Å². The smallest absolute Gasteiger partial charge is 0.222 e. The molecule has 0 saturated heterocycles. The van der Waals surface area contributed by atoms with E-state index < -0.39 is 0 Å². The molecule has 120 valence electrons. The summed E-state index contributed by atoms with van der Waals surface area (Å²) in [6.07, 6.45) is 1.12. The van der Waals surface area contributed by atoms with E-state index in [0.29, 0.717) is 19.5 Å². The third-order valence-electron chi connectivity index (χ3n) is 2.81. The van der Waals surface area contributed by atoms with Crippen molar-refractivity contribution in [3.63, 3.8) is 0 Å². The number of rotatable bonds is 11. The van der Waals surface area contributed by atoms with E-state index in [1.54, 1.807) is 4.90 Å². The van der Waals surface area contributed by atoms with E-state index in [1.165, 1.54) is 25.7 Å². The van der Waals surface area contributed by atoms with Crippen LogP contribution in [-0.4, -0.2) is 65.8 Å². The van der Waals surface area contributed by atoms with Crippen molar-refractivity contribution in [1.82, 2.24) is 9.80 Å². The lowest BCUT2D eigenvalue weighted by atomic mass is 10.2. The molecule has 0 aromatic carbocycles. The zero-order valence-electron chi connectivity index (χ0n) is 13.5. The molecule has 0 N–H and O–H groups in total. The van der Waals surface area contributed by atoms with E-state index in [1.807, 2.05) is 6.92 Å². The highest BCUT2D eigenvalue weighted by Gasteiger charge is 2.17. The van der Waals surface area contributed by atoms with Gasteiger partial charge in [0.2, 0.25) is 5.91 Å². The van der Waals surface area contributed by atoms with Gasteiger partial charge in [-0.3, -0.25) is 24.1 Å². The van der Waals surface area contributed by atoms with Gasteiger partial charge in [-0.25, -0.2) is 0 Å². The lowest BCUT2D eigenvalue weighted by Crippen LogP contribution is -2.43. The number of hydrogen-bond donors (Lipinski definition) is 0. The van der Waals surface area contributed by atoms with Crippen molar-refractivity contribution >= 4 is 23.3 Å². The van der Waals surface area contributed by atoms with Gasteiger partial charge in [-0.2, -0.15) is 0 Å². The van der Waals surface area contributed by atoms with E-state index in [2.05, 4.69) is 0 Å². The topological polar surface area (TPSA) is 74.8 Å². The van der Waals surface area contributed by atoms with E-state index in [9.17, 15) is 19.2 Å². The minimum absolute atomic E-state index is 0.0331. The molecule has 0 fully saturated rings. The standard InChI is InChI=1S/C15H26N2O4/c1-5-6-15(21)17(11-14(4)20)8-7-16(9-12(2)18)10-13(3)19/h5-11H2,1-4H3. The Morgan fingerprint density at radius 2 is 1.24 bits per heavy atom. The molecular weight excluding hydrogens is 272 g/mol. The summed E-state index contributed by atoms with van der Waals surface area (Å²) in [6, 6.07) is 0. The largest absolute Gasteiger partial charge is 0.334 e. The predicted octanol–water partition coefficient (Wildman–Crippen LogP) is 0.684. The molecular formula is C15H26N2O4. The van der Waals surface area contributed by atoms with Crippen LogP contribution in [0.3, 0.4) is 0 Å². The first kappa shape index (κ1) is 19.4. The molecule has 0 heterocycles. The fourth-order valence-corrected chi connectivity index (χ4v) is 2.04. The minimum atomic E-state index is -0.0795. The molecule has 0 saturated carbocycles. The summed E-state index contributed by atoms with van der Waals surface area (Å²) in [4.78, 5) is 48.8. The maximum atomic E-state index is 12.0. The second-order valence-electron chi connectivity index (χ2n) is 5.38. The van der Waals surface area contributed by atoms with E-state index in [-0.39, 0.29) is 42.9 Å². The number of hydrogen-bond acceptors (Lipinski definition) is 5. The molecule has 6 heteroatoms. The SMILES string of the molecule is CCCC(=O)N(CCN(CC(C)=O)CC(C)=O)CC(C)=O. The lowest BCUT2D eigenvalue weighted by Gasteiger charge is -2.26. The lowest BCUT2D eigenvalue weighted by molar-refractivity contribution is -0.135. The summed E-state index contributed by atoms with van der Waals surface area (Å²) >= 11 is 0. The van der Waals surface area contributed by atoms with Crippen molar-refractivity contribution in [3.05, 3.63) is 0 Å². The van der Waals surface area contributed by atoms with Crippen LogP contribution in [0.4, 0.5) is 0 Å². The van der Waals surface area contributed by atoms with Crippen LogP contribution in [0.15, 0.2) is 0 Å². The van der Waals surface area contributed by atoms with Crippen LogP contribution in [-0.2, 0) is 19.2 Å². The van der Waals surface area contributed by atoms with E-state index in [4.69, 9.17) is 0 Å². The summed E-state index contributed by atoms with van der Waals surface area (Å²) < 4.78 is 0. The summed E-state index contributed by atoms with van der Waals surface area (Å²) in [7, 11) is 0. The molecule has 0 aliphatic carbocycles. The predicted molar refractivity (Wildman–Crippen MR) is 80.0 cm³/mol. The first-order valence-corrected chi connectivity index (χ1v) is 7.24. The third kappa shape index (κ3) is 9.90. The highest BCUT2D eigenvalue weighted by molar-refractivity contribution is 5.84. The number of amides is 1. The van der Waals surface area contributed by atoms with Crippen LogP contribution in [0.25, 0.3) is 0 Å². The van der Waals surface area contributed by atoms with Gasteiger partial charge in [0.05, 0.1) is 19.6 Å². The number of ketones is 3. The molecule has 0 spiro atoms. The molecule has 0 unspecified atom stereocenters. The second kappa shape index (κ2) is 10.2. The van der Waals surface area contributed by atoms with Gasteiger partial charge in [-0.1, -0.05) is 6.92 Å². The van der Waals surface area contributed by atoms with Crippen molar-refractivity contribution in [2.75, 3.05) is 32.7 Å². The Morgan fingerprint density at radius 3 is 1.62 bits per heavy atom. The molecule has 0 aliphatic heterocycles. The molecule has 0 aromatic heterocycles. The monoisotopic (exact) mass is 298 g/mol. The number of Topliss-reactive ketones (excluding diaryl/α,β-unsaturated/α-hetero) is 3. The summed E-state index contributed by atoms with van der Waals surface area (Å²) in [5.74, 6) is -0.217. The number of carbonyl (C=O) groups is 4. The summed E-state index contributed by atoms with van der Waals surface area (Å²) in [6.45, 7) is 7.45. The van der Waals surface area contributed by atoms with Crippen molar-refractivity contribution in [3.8, 4) is 0 Å². The molecule has 6 nitrogen and oxygen atoms in total. The first-order valence-electron chi connectivity index (χ1n) is 7.24. The second-order valence-corrected chi connectivity index (χ2v) is 5.38. The van der Waals surface area contributed by atoms with Gasteiger partial charge in [0.15, 0.2) is 0 Å². The molecule has 0 radical (unpaired) electrons. The van der Waals surface area contributed by atoms with Crippen LogP contribution in [0.5, 0.6) is 0 Å². The van der Waals surface area contributed by atoms with Crippen LogP contribution >= 0.6 is 0 Å². The number of carbonyl (C=O) groups excluding carboxylic acids is 4. The summed E-state index contributed by atoms with van der Waals surface area (Å²) in [5, 5.41) is 0. The molecule has 1 amide bonds. The zero-order valence-corrected chi connectivity index (χ0v) is 13.5. The third-order valence-corrected chi connectivity index (χ3v) is 2.81. The Balaban J connectivity index is 4.64. The Bertz CT molecular complexity index is 377. The van der Waals surface area contributed by atoms with Gasteiger partial charge >= 0.3 is 0 Å². The highest BCUT2D eigenvalue weighted by atomic mass is 16.2. The van der Waals surface area contributed by atoms with Gasteiger partial charge < -0.3 is 4.90 Å². The average Bonchev–Trinajstić information content (AvgIpc) is 2.32. The Kier molecular flexibility index (Phi) is 9.45.